The first-order valence-corrected chi connectivity index (χ1v) is 6.85. The van der Waals surface area contributed by atoms with Gasteiger partial charge in [0, 0.05) is 13.0 Å². The van der Waals surface area contributed by atoms with Crippen molar-refractivity contribution in [1.29, 1.82) is 0 Å². The van der Waals surface area contributed by atoms with E-state index < -0.39 is 0 Å². The first kappa shape index (κ1) is 13.1. The van der Waals surface area contributed by atoms with Gasteiger partial charge in [-0.15, -0.1) is 0 Å². The molecule has 2 aliphatic rings. The molecule has 0 saturated carbocycles. The van der Waals surface area contributed by atoms with E-state index in [2.05, 4.69) is 12.2 Å². The minimum atomic E-state index is -0.345. The number of nitrogens with zero attached hydrogens (tertiary/aromatic N) is 1. The van der Waals surface area contributed by atoms with E-state index in [1.807, 2.05) is 0 Å². The fraction of sp³-hybridized carbons (Fsp3) is 0.714. The molecule has 1 aliphatic carbocycles. The monoisotopic (exact) mass is 251 g/mol. The van der Waals surface area contributed by atoms with Gasteiger partial charge in [-0.05, 0) is 38.5 Å². The Balaban J connectivity index is 1.91. The van der Waals surface area contributed by atoms with Crippen molar-refractivity contribution in [3.63, 3.8) is 0 Å². The number of rotatable bonds is 4. The SMILES string of the molecule is CCOC(=O)C1CCCN1C(=O)CC1C=CCC1. The lowest BCUT2D eigenvalue weighted by Crippen LogP contribution is -2.41. The average molecular weight is 251 g/mol. The molecule has 4 nitrogen and oxygen atoms in total. The largest absolute Gasteiger partial charge is 0.464 e. The van der Waals surface area contributed by atoms with Gasteiger partial charge in [0.15, 0.2) is 0 Å². The molecule has 2 atom stereocenters. The maximum absolute atomic E-state index is 12.2. The van der Waals surface area contributed by atoms with Crippen LogP contribution in [0.4, 0.5) is 0 Å². The Hall–Kier alpha value is -1.32. The molecule has 1 aliphatic heterocycles. The highest BCUT2D eigenvalue weighted by Crippen LogP contribution is 2.25. The van der Waals surface area contributed by atoms with Gasteiger partial charge in [0.1, 0.15) is 6.04 Å². The third-order valence-corrected chi connectivity index (χ3v) is 3.68. The molecule has 1 saturated heterocycles. The van der Waals surface area contributed by atoms with E-state index in [9.17, 15) is 9.59 Å². The van der Waals surface area contributed by atoms with Crippen LogP contribution in [0.1, 0.15) is 39.0 Å². The van der Waals surface area contributed by atoms with Gasteiger partial charge in [-0.2, -0.15) is 0 Å². The van der Waals surface area contributed by atoms with Gasteiger partial charge in [-0.1, -0.05) is 12.2 Å². The van der Waals surface area contributed by atoms with Gasteiger partial charge in [-0.25, -0.2) is 4.79 Å². The van der Waals surface area contributed by atoms with Crippen molar-refractivity contribution < 1.29 is 14.3 Å². The average Bonchev–Trinajstić information content (AvgIpc) is 2.99. The molecule has 0 aromatic rings. The van der Waals surface area contributed by atoms with Crippen LogP contribution in [0.2, 0.25) is 0 Å². The minimum absolute atomic E-state index is 0.0992. The lowest BCUT2D eigenvalue weighted by molar-refractivity contribution is -0.153. The summed E-state index contributed by atoms with van der Waals surface area (Å²) in [6.07, 6.45) is 8.55. The minimum Gasteiger partial charge on any atom is -0.464 e. The molecule has 100 valence electrons. The van der Waals surface area contributed by atoms with Crippen molar-refractivity contribution in [2.45, 2.75) is 45.1 Å². The fourth-order valence-corrected chi connectivity index (χ4v) is 2.76. The van der Waals surface area contributed by atoms with Gasteiger partial charge in [0.05, 0.1) is 6.61 Å². The molecule has 0 radical (unpaired) electrons. The van der Waals surface area contributed by atoms with Crippen LogP contribution < -0.4 is 0 Å². The van der Waals surface area contributed by atoms with Crippen LogP contribution in [0.15, 0.2) is 12.2 Å². The van der Waals surface area contributed by atoms with E-state index >= 15 is 0 Å². The van der Waals surface area contributed by atoms with Gasteiger partial charge in [-0.3, -0.25) is 4.79 Å². The Morgan fingerprint density at radius 1 is 1.39 bits per heavy atom. The van der Waals surface area contributed by atoms with Crippen LogP contribution in [-0.2, 0) is 14.3 Å². The molecule has 0 bridgehead atoms. The smallest absolute Gasteiger partial charge is 0.328 e. The number of amides is 1. The van der Waals surface area contributed by atoms with Gasteiger partial charge >= 0.3 is 5.97 Å². The van der Waals surface area contributed by atoms with Gasteiger partial charge in [0.2, 0.25) is 5.91 Å². The predicted octanol–water partition coefficient (Wildman–Crippen LogP) is 1.90. The van der Waals surface area contributed by atoms with Crippen molar-refractivity contribution in [1.82, 2.24) is 4.90 Å². The molecule has 18 heavy (non-hydrogen) atoms. The highest BCUT2D eigenvalue weighted by Gasteiger charge is 2.35. The molecule has 0 spiro atoms. The van der Waals surface area contributed by atoms with E-state index in [0.29, 0.717) is 25.5 Å². The van der Waals surface area contributed by atoms with E-state index in [4.69, 9.17) is 4.74 Å². The highest BCUT2D eigenvalue weighted by atomic mass is 16.5. The summed E-state index contributed by atoms with van der Waals surface area (Å²) in [5, 5.41) is 0. The summed E-state index contributed by atoms with van der Waals surface area (Å²) in [5.74, 6) is 0.216. The summed E-state index contributed by atoms with van der Waals surface area (Å²) in [6, 6.07) is -0.345. The molecule has 2 rings (SSSR count). The second-order valence-electron chi connectivity index (χ2n) is 4.97. The Bertz CT molecular complexity index is 351. The summed E-state index contributed by atoms with van der Waals surface area (Å²) >= 11 is 0. The number of hydrogen-bond acceptors (Lipinski definition) is 3. The second kappa shape index (κ2) is 6.03. The molecule has 1 heterocycles. The summed E-state index contributed by atoms with van der Waals surface area (Å²) in [5.41, 5.74) is 0. The number of allylic oxidation sites excluding steroid dienone is 2. The molecule has 0 N–H and O–H groups in total. The zero-order valence-electron chi connectivity index (χ0n) is 10.9. The molecular weight excluding hydrogens is 230 g/mol. The summed E-state index contributed by atoms with van der Waals surface area (Å²) < 4.78 is 5.03. The normalized spacial score (nSPS) is 26.6. The highest BCUT2D eigenvalue weighted by molar-refractivity contribution is 5.85. The lowest BCUT2D eigenvalue weighted by atomic mass is 10.0. The molecule has 0 aromatic heterocycles. The number of esters is 1. The van der Waals surface area contributed by atoms with E-state index in [1.54, 1.807) is 11.8 Å². The number of hydrogen-bond donors (Lipinski definition) is 0. The third-order valence-electron chi connectivity index (χ3n) is 3.68. The quantitative estimate of drug-likeness (QED) is 0.566. The molecule has 1 amide bonds. The van der Waals surface area contributed by atoms with Gasteiger partial charge < -0.3 is 9.64 Å². The fourth-order valence-electron chi connectivity index (χ4n) is 2.76. The molecule has 2 unspecified atom stereocenters. The van der Waals surface area contributed by atoms with Crippen LogP contribution >= 0.6 is 0 Å². The standard InChI is InChI=1S/C14H21NO3/c1-2-18-14(17)12-8-5-9-15(12)13(16)10-11-6-3-4-7-11/h3,6,11-12H,2,4-5,7-10H2,1H3. The zero-order chi connectivity index (χ0) is 13.0. The van der Waals surface area contributed by atoms with Crippen LogP contribution in [0.5, 0.6) is 0 Å². The summed E-state index contributed by atoms with van der Waals surface area (Å²) in [7, 11) is 0. The maximum Gasteiger partial charge on any atom is 0.328 e. The number of ether oxygens (including phenoxy) is 1. The maximum atomic E-state index is 12.2. The van der Waals surface area contributed by atoms with Crippen molar-refractivity contribution in [3.8, 4) is 0 Å². The topological polar surface area (TPSA) is 46.6 Å². The van der Waals surface area contributed by atoms with Crippen molar-refractivity contribution in [2.75, 3.05) is 13.2 Å². The van der Waals surface area contributed by atoms with E-state index in [-0.39, 0.29) is 17.9 Å². The first-order chi connectivity index (χ1) is 8.72. The number of likely N-dealkylation sites (tertiary alicyclic amines) is 1. The molecule has 1 fully saturated rings. The summed E-state index contributed by atoms with van der Waals surface area (Å²) in [6.45, 7) is 2.86. The van der Waals surface area contributed by atoms with Crippen LogP contribution in [0, 0.1) is 5.92 Å². The first-order valence-electron chi connectivity index (χ1n) is 6.85. The van der Waals surface area contributed by atoms with Gasteiger partial charge in [0.25, 0.3) is 0 Å². The van der Waals surface area contributed by atoms with Crippen LogP contribution in [-0.4, -0.2) is 36.0 Å². The van der Waals surface area contributed by atoms with Crippen LogP contribution in [0.3, 0.4) is 0 Å². The van der Waals surface area contributed by atoms with Crippen molar-refractivity contribution >= 4 is 11.9 Å². The molecule has 4 heteroatoms. The Kier molecular flexibility index (Phi) is 4.39. The molecule has 0 aromatic carbocycles. The lowest BCUT2D eigenvalue weighted by Gasteiger charge is -2.24. The Labute approximate surface area is 108 Å². The summed E-state index contributed by atoms with van der Waals surface area (Å²) in [4.78, 5) is 25.7. The third kappa shape index (κ3) is 2.92. The van der Waals surface area contributed by atoms with Crippen molar-refractivity contribution in [3.05, 3.63) is 12.2 Å². The zero-order valence-corrected chi connectivity index (χ0v) is 10.9. The predicted molar refractivity (Wildman–Crippen MR) is 67.8 cm³/mol. The second-order valence-corrected chi connectivity index (χ2v) is 4.97. The number of carbonyl (C=O) groups excluding carboxylic acids is 2. The van der Waals surface area contributed by atoms with Crippen molar-refractivity contribution in [2.24, 2.45) is 5.92 Å². The molecular formula is C14H21NO3. The van der Waals surface area contributed by atoms with E-state index in [1.165, 1.54) is 0 Å². The Morgan fingerprint density at radius 2 is 2.22 bits per heavy atom. The van der Waals surface area contributed by atoms with Crippen LogP contribution in [0.25, 0.3) is 0 Å². The van der Waals surface area contributed by atoms with E-state index in [0.717, 1.165) is 25.7 Å². The Morgan fingerprint density at radius 3 is 2.89 bits per heavy atom. The number of carbonyl (C=O) groups is 2.